The van der Waals surface area contributed by atoms with Crippen LogP contribution in [0.3, 0.4) is 0 Å². The van der Waals surface area contributed by atoms with E-state index in [1.165, 1.54) is 0 Å². The van der Waals surface area contributed by atoms with E-state index in [4.69, 9.17) is 20.1 Å². The first-order chi connectivity index (χ1) is 7.99. The number of urea groups is 1. The van der Waals surface area contributed by atoms with E-state index in [2.05, 4.69) is 0 Å². The maximum absolute atomic E-state index is 10.6. The summed E-state index contributed by atoms with van der Waals surface area (Å²) in [5, 5.41) is 9.51. The van der Waals surface area contributed by atoms with Gasteiger partial charge in [0, 0.05) is 6.42 Å². The van der Waals surface area contributed by atoms with Crippen LogP contribution in [0.25, 0.3) is 0 Å². The number of rotatable bonds is 6. The van der Waals surface area contributed by atoms with Crippen LogP contribution in [0, 0.1) is 6.92 Å². The molecule has 1 atom stereocenters. The largest absolute Gasteiger partial charge is 0.466 e. The Morgan fingerprint density at radius 1 is 1.65 bits per heavy atom. The number of amides is 2. The van der Waals surface area contributed by atoms with Crippen molar-refractivity contribution in [2.75, 3.05) is 13.2 Å². The van der Waals surface area contributed by atoms with Gasteiger partial charge in [-0.15, -0.1) is 0 Å². The molecule has 2 amide bonds. The maximum atomic E-state index is 10.6. The average Bonchev–Trinajstić information content (AvgIpc) is 2.64. The van der Waals surface area contributed by atoms with Crippen LogP contribution < -0.4 is 5.73 Å². The molecule has 0 bridgehead atoms. The van der Waals surface area contributed by atoms with E-state index in [1.807, 2.05) is 19.1 Å². The third-order valence-corrected chi connectivity index (χ3v) is 2.23. The van der Waals surface area contributed by atoms with Crippen molar-refractivity contribution in [1.29, 1.82) is 0 Å². The normalized spacial score (nSPS) is 12.4. The fraction of sp³-hybridized carbons (Fsp3) is 0.545. The zero-order valence-corrected chi connectivity index (χ0v) is 10.0. The number of hydrogen-bond donors (Lipinski definition) is 2. The molecule has 1 heterocycles. The summed E-state index contributed by atoms with van der Waals surface area (Å²) in [6, 6.07) is 2.90. The molecule has 0 saturated carbocycles. The van der Waals surface area contributed by atoms with Gasteiger partial charge in [-0.3, -0.25) is 5.21 Å². The summed E-state index contributed by atoms with van der Waals surface area (Å²) in [6.45, 7) is 4.14. The molecule has 6 heteroatoms. The molecule has 1 unspecified atom stereocenters. The number of primary amides is 1. The van der Waals surface area contributed by atoms with Gasteiger partial charge in [0.25, 0.3) is 0 Å². The minimum atomic E-state index is -0.887. The van der Waals surface area contributed by atoms with Gasteiger partial charge in [-0.05, 0) is 26.0 Å². The fourth-order valence-electron chi connectivity index (χ4n) is 1.37. The number of hydroxylamine groups is 2. The molecule has 6 nitrogen and oxygen atoms in total. The van der Waals surface area contributed by atoms with Gasteiger partial charge in [-0.2, -0.15) is 0 Å². The van der Waals surface area contributed by atoms with E-state index in [9.17, 15) is 4.79 Å². The van der Waals surface area contributed by atoms with Gasteiger partial charge in [0.15, 0.2) is 0 Å². The number of carbonyl (C=O) groups excluding carboxylic acids is 1. The molecule has 0 aliphatic carbocycles. The zero-order chi connectivity index (χ0) is 12.8. The van der Waals surface area contributed by atoms with Crippen LogP contribution in [0.15, 0.2) is 16.5 Å². The number of furan rings is 1. The lowest BCUT2D eigenvalue weighted by atomic mass is 10.3. The Balaban J connectivity index is 2.20. The minimum Gasteiger partial charge on any atom is -0.466 e. The van der Waals surface area contributed by atoms with Crippen LogP contribution in [0.5, 0.6) is 0 Å². The highest BCUT2D eigenvalue weighted by atomic mass is 16.5. The van der Waals surface area contributed by atoms with E-state index in [1.54, 1.807) is 6.92 Å². The first-order valence-corrected chi connectivity index (χ1v) is 5.42. The molecule has 0 saturated heterocycles. The van der Waals surface area contributed by atoms with Crippen molar-refractivity contribution in [3.05, 3.63) is 23.7 Å². The Labute approximate surface area is 99.9 Å². The fourth-order valence-corrected chi connectivity index (χ4v) is 1.37. The van der Waals surface area contributed by atoms with Crippen molar-refractivity contribution in [3.8, 4) is 0 Å². The van der Waals surface area contributed by atoms with Crippen molar-refractivity contribution in [2.24, 2.45) is 5.73 Å². The highest BCUT2D eigenvalue weighted by Gasteiger charge is 2.11. The molecule has 0 fully saturated rings. The van der Waals surface area contributed by atoms with E-state index >= 15 is 0 Å². The second-order valence-corrected chi connectivity index (χ2v) is 3.86. The van der Waals surface area contributed by atoms with E-state index in [-0.39, 0.29) is 12.6 Å². The summed E-state index contributed by atoms with van der Waals surface area (Å²) in [7, 11) is 0. The highest BCUT2D eigenvalue weighted by molar-refractivity contribution is 5.70. The van der Waals surface area contributed by atoms with Crippen LogP contribution in [0.2, 0.25) is 0 Å². The van der Waals surface area contributed by atoms with Gasteiger partial charge in [0.1, 0.15) is 11.5 Å². The molecular formula is C11H18N2O4. The standard InChI is InChI=1S/C11H18N2O4/c1-8-3-4-10(17-8)5-6-16-9(2)7-13(15)11(12)14/h3-4,9,15H,5-7H2,1-2H3,(H2,12,14). The number of nitrogens with zero attached hydrogens (tertiary/aromatic N) is 1. The monoisotopic (exact) mass is 242 g/mol. The molecule has 96 valence electrons. The van der Waals surface area contributed by atoms with Gasteiger partial charge in [0.05, 0.1) is 19.3 Å². The highest BCUT2D eigenvalue weighted by Crippen LogP contribution is 2.07. The van der Waals surface area contributed by atoms with Crippen LogP contribution in [-0.2, 0) is 11.2 Å². The summed E-state index contributed by atoms with van der Waals surface area (Å²) in [5.41, 5.74) is 4.87. The van der Waals surface area contributed by atoms with Gasteiger partial charge in [0.2, 0.25) is 0 Å². The number of ether oxygens (including phenoxy) is 1. The Hall–Kier alpha value is -1.53. The van der Waals surface area contributed by atoms with Crippen molar-refractivity contribution < 1.29 is 19.2 Å². The predicted molar refractivity (Wildman–Crippen MR) is 60.6 cm³/mol. The molecule has 0 radical (unpaired) electrons. The van der Waals surface area contributed by atoms with E-state index in [0.717, 1.165) is 11.5 Å². The number of hydrogen-bond acceptors (Lipinski definition) is 4. The van der Waals surface area contributed by atoms with Crippen molar-refractivity contribution in [3.63, 3.8) is 0 Å². The summed E-state index contributed by atoms with van der Waals surface area (Å²) < 4.78 is 10.8. The number of carbonyl (C=O) groups is 1. The van der Waals surface area contributed by atoms with Crippen LogP contribution in [0.1, 0.15) is 18.4 Å². The lowest BCUT2D eigenvalue weighted by Gasteiger charge is -2.17. The summed E-state index contributed by atoms with van der Waals surface area (Å²) >= 11 is 0. The Morgan fingerprint density at radius 2 is 2.35 bits per heavy atom. The van der Waals surface area contributed by atoms with Crippen molar-refractivity contribution in [2.45, 2.75) is 26.4 Å². The predicted octanol–water partition coefficient (Wildman–Crippen LogP) is 1.31. The summed E-state index contributed by atoms with van der Waals surface area (Å²) in [6.07, 6.45) is 0.365. The van der Waals surface area contributed by atoms with E-state index in [0.29, 0.717) is 18.1 Å². The van der Waals surface area contributed by atoms with Crippen LogP contribution in [-0.4, -0.2) is 35.6 Å². The van der Waals surface area contributed by atoms with Gasteiger partial charge >= 0.3 is 6.03 Å². The molecule has 1 aromatic rings. The minimum absolute atomic E-state index is 0.0481. The van der Waals surface area contributed by atoms with Gasteiger partial charge in [-0.1, -0.05) is 0 Å². The molecule has 1 aromatic heterocycles. The summed E-state index contributed by atoms with van der Waals surface area (Å²) in [5.74, 6) is 1.72. The summed E-state index contributed by atoms with van der Waals surface area (Å²) in [4.78, 5) is 10.6. The average molecular weight is 242 g/mol. The quantitative estimate of drug-likeness (QED) is 0.581. The topological polar surface area (TPSA) is 88.9 Å². The number of nitrogens with two attached hydrogens (primary N) is 1. The second-order valence-electron chi connectivity index (χ2n) is 3.86. The maximum Gasteiger partial charge on any atom is 0.338 e. The third kappa shape index (κ3) is 4.88. The van der Waals surface area contributed by atoms with Crippen molar-refractivity contribution in [1.82, 2.24) is 5.06 Å². The first-order valence-electron chi connectivity index (χ1n) is 5.42. The van der Waals surface area contributed by atoms with Gasteiger partial charge < -0.3 is 14.9 Å². The lowest BCUT2D eigenvalue weighted by Crippen LogP contribution is -2.38. The molecule has 17 heavy (non-hydrogen) atoms. The SMILES string of the molecule is Cc1ccc(CCOC(C)CN(O)C(N)=O)o1. The molecule has 3 N–H and O–H groups in total. The molecule has 1 rings (SSSR count). The number of aryl methyl sites for hydroxylation is 1. The Morgan fingerprint density at radius 3 is 2.88 bits per heavy atom. The first kappa shape index (κ1) is 13.5. The van der Waals surface area contributed by atoms with Crippen LogP contribution >= 0.6 is 0 Å². The molecule has 0 aliphatic heterocycles. The molecular weight excluding hydrogens is 224 g/mol. The smallest absolute Gasteiger partial charge is 0.338 e. The molecule has 0 aromatic carbocycles. The third-order valence-electron chi connectivity index (χ3n) is 2.23. The molecule has 0 spiro atoms. The molecule has 0 aliphatic rings. The lowest BCUT2D eigenvalue weighted by molar-refractivity contribution is -0.0764. The second kappa shape index (κ2) is 6.27. The van der Waals surface area contributed by atoms with Gasteiger partial charge in [-0.25, -0.2) is 9.86 Å². The van der Waals surface area contributed by atoms with Crippen molar-refractivity contribution >= 4 is 6.03 Å². The zero-order valence-electron chi connectivity index (χ0n) is 10.0. The van der Waals surface area contributed by atoms with E-state index < -0.39 is 6.03 Å². The Kier molecular flexibility index (Phi) is 4.99. The Bertz CT molecular complexity index is 364. The van der Waals surface area contributed by atoms with Crippen LogP contribution in [0.4, 0.5) is 4.79 Å².